The quantitative estimate of drug-likeness (QED) is 0.664. The molecule has 1 aromatic heterocycles. The van der Waals surface area contributed by atoms with Gasteiger partial charge in [0.05, 0.1) is 0 Å². The molecular formula is C12H17N3O4. The SMILES string of the molecule is O=C(c1cc(=O)[nH]c(=O)[nH]1)N(CCCO)C1CCC1. The van der Waals surface area contributed by atoms with Gasteiger partial charge in [0.25, 0.3) is 11.5 Å². The van der Waals surface area contributed by atoms with E-state index in [2.05, 4.69) is 4.98 Å². The fourth-order valence-electron chi connectivity index (χ4n) is 2.13. The summed E-state index contributed by atoms with van der Waals surface area (Å²) in [5.41, 5.74) is -1.28. The van der Waals surface area contributed by atoms with E-state index in [1.54, 1.807) is 4.90 Å². The second-order valence-corrected chi connectivity index (χ2v) is 4.66. The Bertz CT molecular complexity index is 530. The average molecular weight is 267 g/mol. The van der Waals surface area contributed by atoms with E-state index in [1.807, 2.05) is 4.98 Å². The van der Waals surface area contributed by atoms with Crippen LogP contribution in [0.5, 0.6) is 0 Å². The van der Waals surface area contributed by atoms with Crippen molar-refractivity contribution in [3.05, 3.63) is 32.6 Å². The van der Waals surface area contributed by atoms with Gasteiger partial charge in [-0.25, -0.2) is 4.79 Å². The average Bonchev–Trinajstić information content (AvgIpc) is 2.29. The molecule has 1 aliphatic rings. The first-order valence-electron chi connectivity index (χ1n) is 6.37. The molecule has 0 radical (unpaired) electrons. The van der Waals surface area contributed by atoms with E-state index in [0.717, 1.165) is 25.3 Å². The van der Waals surface area contributed by atoms with Crippen molar-refractivity contribution in [2.24, 2.45) is 0 Å². The predicted molar refractivity (Wildman–Crippen MR) is 68.1 cm³/mol. The predicted octanol–water partition coefficient (Wildman–Crippen LogP) is -0.560. The van der Waals surface area contributed by atoms with Gasteiger partial charge in [-0.1, -0.05) is 0 Å². The van der Waals surface area contributed by atoms with Gasteiger partial charge in [-0.3, -0.25) is 14.6 Å². The first kappa shape index (κ1) is 13.5. The lowest BCUT2D eigenvalue weighted by molar-refractivity contribution is 0.0555. The third-order valence-electron chi connectivity index (χ3n) is 3.32. The molecule has 0 aromatic carbocycles. The van der Waals surface area contributed by atoms with Crippen LogP contribution >= 0.6 is 0 Å². The van der Waals surface area contributed by atoms with E-state index >= 15 is 0 Å². The first-order valence-corrected chi connectivity index (χ1v) is 6.37. The molecule has 0 saturated heterocycles. The van der Waals surface area contributed by atoms with Crippen molar-refractivity contribution in [3.8, 4) is 0 Å². The Morgan fingerprint density at radius 2 is 2.11 bits per heavy atom. The van der Waals surface area contributed by atoms with Crippen molar-refractivity contribution < 1.29 is 9.90 Å². The van der Waals surface area contributed by atoms with Gasteiger partial charge in [0.1, 0.15) is 5.69 Å². The van der Waals surface area contributed by atoms with Crippen molar-refractivity contribution in [2.45, 2.75) is 31.7 Å². The summed E-state index contributed by atoms with van der Waals surface area (Å²) in [4.78, 5) is 40.7. The molecule has 7 heteroatoms. The van der Waals surface area contributed by atoms with E-state index < -0.39 is 11.2 Å². The van der Waals surface area contributed by atoms with Crippen molar-refractivity contribution in [1.29, 1.82) is 0 Å². The number of amides is 1. The van der Waals surface area contributed by atoms with Gasteiger partial charge in [-0.15, -0.1) is 0 Å². The van der Waals surface area contributed by atoms with Crippen LogP contribution in [0.15, 0.2) is 15.7 Å². The molecule has 1 amide bonds. The first-order chi connectivity index (χ1) is 9.11. The molecule has 2 rings (SSSR count). The molecule has 0 unspecified atom stereocenters. The Kier molecular flexibility index (Phi) is 4.16. The lowest BCUT2D eigenvalue weighted by Gasteiger charge is -2.37. The fourth-order valence-corrected chi connectivity index (χ4v) is 2.13. The van der Waals surface area contributed by atoms with Crippen LogP contribution in [0.4, 0.5) is 0 Å². The molecule has 0 aliphatic heterocycles. The zero-order valence-corrected chi connectivity index (χ0v) is 10.5. The zero-order chi connectivity index (χ0) is 13.8. The van der Waals surface area contributed by atoms with Gasteiger partial charge in [-0.2, -0.15) is 0 Å². The highest BCUT2D eigenvalue weighted by molar-refractivity contribution is 5.92. The van der Waals surface area contributed by atoms with Crippen LogP contribution in [0.3, 0.4) is 0 Å². The highest BCUT2D eigenvalue weighted by atomic mass is 16.3. The van der Waals surface area contributed by atoms with Crippen LogP contribution in [-0.2, 0) is 0 Å². The Labute approximate surface area is 109 Å². The standard InChI is InChI=1S/C12H17N3O4/c16-6-2-5-15(8-3-1-4-8)11(18)9-7-10(17)14-12(19)13-9/h7-8,16H,1-6H2,(H2,13,14,17,19). The number of hydrogen-bond acceptors (Lipinski definition) is 4. The summed E-state index contributed by atoms with van der Waals surface area (Å²) >= 11 is 0. The molecule has 0 bridgehead atoms. The number of H-pyrrole nitrogens is 2. The number of nitrogens with zero attached hydrogens (tertiary/aromatic N) is 1. The van der Waals surface area contributed by atoms with Crippen LogP contribution in [0.2, 0.25) is 0 Å². The second kappa shape index (κ2) is 5.83. The molecular weight excluding hydrogens is 250 g/mol. The Hall–Kier alpha value is -1.89. The molecule has 1 heterocycles. The summed E-state index contributed by atoms with van der Waals surface area (Å²) < 4.78 is 0. The number of nitrogens with one attached hydrogen (secondary N) is 2. The minimum absolute atomic E-state index is 0.00131. The maximum absolute atomic E-state index is 12.3. The summed E-state index contributed by atoms with van der Waals surface area (Å²) in [5, 5.41) is 8.88. The fraction of sp³-hybridized carbons (Fsp3) is 0.583. The van der Waals surface area contributed by atoms with Gasteiger partial charge in [0.15, 0.2) is 0 Å². The Morgan fingerprint density at radius 3 is 2.63 bits per heavy atom. The topological polar surface area (TPSA) is 106 Å². The minimum atomic E-state index is -0.688. The van der Waals surface area contributed by atoms with E-state index in [0.29, 0.717) is 13.0 Å². The molecule has 1 aliphatic carbocycles. The van der Waals surface area contributed by atoms with Crippen LogP contribution in [0.1, 0.15) is 36.2 Å². The Morgan fingerprint density at radius 1 is 1.37 bits per heavy atom. The number of rotatable bonds is 5. The van der Waals surface area contributed by atoms with Crippen molar-refractivity contribution in [3.63, 3.8) is 0 Å². The van der Waals surface area contributed by atoms with Gasteiger partial charge in [0, 0.05) is 25.3 Å². The van der Waals surface area contributed by atoms with Gasteiger partial charge in [-0.05, 0) is 25.7 Å². The van der Waals surface area contributed by atoms with Crippen molar-refractivity contribution in [2.75, 3.05) is 13.2 Å². The Balaban J connectivity index is 2.22. The lowest BCUT2D eigenvalue weighted by Crippen LogP contribution is -2.46. The highest BCUT2D eigenvalue weighted by Crippen LogP contribution is 2.25. The number of aromatic amines is 2. The van der Waals surface area contributed by atoms with Gasteiger partial charge in [0.2, 0.25) is 0 Å². The van der Waals surface area contributed by atoms with Gasteiger partial charge >= 0.3 is 5.69 Å². The summed E-state index contributed by atoms with van der Waals surface area (Å²) in [6.07, 6.45) is 3.39. The molecule has 1 fully saturated rings. The largest absolute Gasteiger partial charge is 0.396 e. The van der Waals surface area contributed by atoms with Gasteiger partial charge < -0.3 is 15.0 Å². The molecule has 0 atom stereocenters. The monoisotopic (exact) mass is 267 g/mol. The lowest BCUT2D eigenvalue weighted by atomic mass is 9.91. The molecule has 0 spiro atoms. The summed E-state index contributed by atoms with van der Waals surface area (Å²) in [6, 6.07) is 1.23. The van der Waals surface area contributed by atoms with E-state index in [-0.39, 0.29) is 24.2 Å². The number of aliphatic hydroxyl groups excluding tert-OH is 1. The molecule has 3 N–H and O–H groups in total. The number of aromatic nitrogens is 2. The minimum Gasteiger partial charge on any atom is -0.396 e. The molecule has 1 aromatic rings. The van der Waals surface area contributed by atoms with Crippen molar-refractivity contribution >= 4 is 5.91 Å². The molecule has 1 saturated carbocycles. The number of aliphatic hydroxyl groups is 1. The third-order valence-corrected chi connectivity index (χ3v) is 3.32. The normalized spacial score (nSPS) is 15.0. The third kappa shape index (κ3) is 3.11. The van der Waals surface area contributed by atoms with Crippen molar-refractivity contribution in [1.82, 2.24) is 14.9 Å². The van der Waals surface area contributed by atoms with E-state index in [9.17, 15) is 14.4 Å². The number of hydrogen-bond donors (Lipinski definition) is 3. The smallest absolute Gasteiger partial charge is 0.326 e. The molecule has 7 nitrogen and oxygen atoms in total. The van der Waals surface area contributed by atoms with Crippen LogP contribution < -0.4 is 11.2 Å². The summed E-state index contributed by atoms with van der Waals surface area (Å²) in [5.74, 6) is -0.360. The summed E-state index contributed by atoms with van der Waals surface area (Å²) in [6.45, 7) is 0.428. The van der Waals surface area contributed by atoms with E-state index in [4.69, 9.17) is 5.11 Å². The highest BCUT2D eigenvalue weighted by Gasteiger charge is 2.29. The van der Waals surface area contributed by atoms with E-state index in [1.165, 1.54) is 0 Å². The summed E-state index contributed by atoms with van der Waals surface area (Å²) in [7, 11) is 0. The van der Waals surface area contributed by atoms with Crippen LogP contribution in [0, 0.1) is 0 Å². The second-order valence-electron chi connectivity index (χ2n) is 4.66. The zero-order valence-electron chi connectivity index (χ0n) is 10.5. The maximum atomic E-state index is 12.3. The molecule has 19 heavy (non-hydrogen) atoms. The number of carbonyl (C=O) groups excluding carboxylic acids is 1. The number of carbonyl (C=O) groups is 1. The van der Waals surface area contributed by atoms with Crippen LogP contribution in [0.25, 0.3) is 0 Å². The maximum Gasteiger partial charge on any atom is 0.326 e. The molecule has 104 valence electrons. The van der Waals surface area contributed by atoms with Crippen LogP contribution in [-0.4, -0.2) is 45.1 Å².